The van der Waals surface area contributed by atoms with Crippen molar-refractivity contribution in [3.63, 3.8) is 0 Å². The van der Waals surface area contributed by atoms with E-state index < -0.39 is 38.7 Å². The zero-order chi connectivity index (χ0) is 18.1. The lowest BCUT2D eigenvalue weighted by atomic mass is 9.94. The van der Waals surface area contributed by atoms with Gasteiger partial charge in [0.1, 0.15) is 17.4 Å². The number of halogens is 2. The quantitative estimate of drug-likeness (QED) is 0.684. The van der Waals surface area contributed by atoms with Crippen molar-refractivity contribution >= 4 is 21.4 Å². The zero-order valence-corrected chi connectivity index (χ0v) is 14.3. The van der Waals surface area contributed by atoms with E-state index in [2.05, 4.69) is 4.72 Å². The molecule has 0 fully saturated rings. The highest BCUT2D eigenvalue weighted by Crippen LogP contribution is 2.31. The van der Waals surface area contributed by atoms with Crippen LogP contribution in [0.25, 0.3) is 0 Å². The first-order valence-electron chi connectivity index (χ1n) is 7.07. The number of hydrogen-bond donors (Lipinski definition) is 2. The molecule has 25 heavy (non-hydrogen) atoms. The highest BCUT2D eigenvalue weighted by molar-refractivity contribution is 7.89. The summed E-state index contributed by atoms with van der Waals surface area (Å²) in [6.45, 7) is -0.562. The van der Waals surface area contributed by atoms with Crippen molar-refractivity contribution in [3.8, 4) is 0 Å². The van der Waals surface area contributed by atoms with Crippen LogP contribution in [-0.2, 0) is 15.6 Å². The monoisotopic (exact) mass is 385 g/mol. The molecular weight excluding hydrogens is 372 g/mol. The lowest BCUT2D eigenvalue weighted by molar-refractivity contribution is 0.0623. The van der Waals surface area contributed by atoms with E-state index in [1.807, 2.05) is 0 Å². The van der Waals surface area contributed by atoms with Crippen LogP contribution >= 0.6 is 11.3 Å². The lowest BCUT2D eigenvalue weighted by Gasteiger charge is -2.25. The number of furan rings is 1. The fourth-order valence-corrected chi connectivity index (χ4v) is 4.27. The summed E-state index contributed by atoms with van der Waals surface area (Å²) in [5, 5.41) is 14.3. The average molecular weight is 385 g/mol. The number of nitrogens with one attached hydrogen (secondary N) is 1. The van der Waals surface area contributed by atoms with Crippen molar-refractivity contribution in [1.29, 1.82) is 0 Å². The molecule has 2 N–H and O–H groups in total. The van der Waals surface area contributed by atoms with Crippen LogP contribution in [0, 0.1) is 11.6 Å². The van der Waals surface area contributed by atoms with Gasteiger partial charge in [-0.05, 0) is 41.1 Å². The lowest BCUT2D eigenvalue weighted by Crippen LogP contribution is -2.41. The van der Waals surface area contributed by atoms with Crippen LogP contribution in [0.5, 0.6) is 0 Å². The van der Waals surface area contributed by atoms with Crippen LogP contribution in [0.2, 0.25) is 0 Å². The summed E-state index contributed by atoms with van der Waals surface area (Å²) in [6, 6.07) is 7.37. The third kappa shape index (κ3) is 3.36. The first kappa shape index (κ1) is 17.7. The molecule has 5 nitrogen and oxygen atoms in total. The number of thiophene rings is 1. The fourth-order valence-electron chi connectivity index (χ4n) is 2.36. The van der Waals surface area contributed by atoms with Crippen molar-refractivity contribution in [2.45, 2.75) is 10.5 Å². The second-order valence-corrected chi connectivity index (χ2v) is 7.71. The van der Waals surface area contributed by atoms with E-state index in [1.165, 1.54) is 29.7 Å². The predicted octanol–water partition coefficient (Wildman–Crippen LogP) is 2.83. The van der Waals surface area contributed by atoms with E-state index in [-0.39, 0.29) is 5.76 Å². The van der Waals surface area contributed by atoms with Crippen LogP contribution in [-0.4, -0.2) is 20.1 Å². The summed E-state index contributed by atoms with van der Waals surface area (Å²) in [6.07, 6.45) is 1.33. The van der Waals surface area contributed by atoms with Crippen LogP contribution in [0.1, 0.15) is 11.3 Å². The summed E-state index contributed by atoms with van der Waals surface area (Å²) in [5.74, 6) is -2.34. The fraction of sp³-hybridized carbons (Fsp3) is 0.125. The van der Waals surface area contributed by atoms with Gasteiger partial charge in [0.25, 0.3) is 0 Å². The molecule has 1 unspecified atom stereocenters. The number of aliphatic hydroxyl groups is 1. The highest BCUT2D eigenvalue weighted by atomic mass is 32.2. The number of sulfonamides is 1. The van der Waals surface area contributed by atoms with Crippen LogP contribution in [0.15, 0.2) is 62.7 Å². The number of rotatable bonds is 6. The minimum atomic E-state index is -4.54. The van der Waals surface area contributed by atoms with Gasteiger partial charge in [-0.3, -0.25) is 0 Å². The molecule has 0 saturated carbocycles. The first-order chi connectivity index (χ1) is 11.8. The Kier molecular flexibility index (Phi) is 4.74. The largest absolute Gasteiger partial charge is 0.466 e. The molecule has 0 saturated heterocycles. The maximum absolute atomic E-state index is 13.8. The Bertz CT molecular complexity index is 900. The number of hydrogen-bond acceptors (Lipinski definition) is 5. The topological polar surface area (TPSA) is 79.5 Å². The Morgan fingerprint density at radius 3 is 2.44 bits per heavy atom. The van der Waals surface area contributed by atoms with Crippen LogP contribution in [0.3, 0.4) is 0 Å². The van der Waals surface area contributed by atoms with Gasteiger partial charge in [-0.2, -0.15) is 11.3 Å². The third-order valence-electron chi connectivity index (χ3n) is 3.63. The van der Waals surface area contributed by atoms with Gasteiger partial charge in [0.05, 0.1) is 12.8 Å². The summed E-state index contributed by atoms with van der Waals surface area (Å²) < 4.78 is 59.5. The minimum absolute atomic E-state index is 0.0996. The molecule has 0 aliphatic rings. The second kappa shape index (κ2) is 6.68. The summed E-state index contributed by atoms with van der Waals surface area (Å²) >= 11 is 1.30. The average Bonchev–Trinajstić information content (AvgIpc) is 3.26. The molecule has 0 radical (unpaired) electrons. The Morgan fingerprint density at radius 2 is 1.88 bits per heavy atom. The van der Waals surface area contributed by atoms with E-state index in [9.17, 15) is 22.3 Å². The summed E-state index contributed by atoms with van der Waals surface area (Å²) in [7, 11) is -4.54. The molecule has 2 aromatic heterocycles. The second-order valence-electron chi connectivity index (χ2n) is 5.22. The van der Waals surface area contributed by atoms with Crippen LogP contribution in [0.4, 0.5) is 8.78 Å². The Morgan fingerprint density at radius 1 is 1.16 bits per heavy atom. The molecule has 0 aliphatic heterocycles. The van der Waals surface area contributed by atoms with E-state index in [1.54, 1.807) is 16.8 Å². The van der Waals surface area contributed by atoms with E-state index in [0.29, 0.717) is 5.56 Å². The molecule has 0 aliphatic carbocycles. The molecule has 2 heterocycles. The van der Waals surface area contributed by atoms with Crippen molar-refractivity contribution in [3.05, 3.63) is 76.4 Å². The van der Waals surface area contributed by atoms with Crippen molar-refractivity contribution < 1.29 is 26.7 Å². The maximum Gasteiger partial charge on any atom is 0.246 e. The van der Waals surface area contributed by atoms with Crippen molar-refractivity contribution in [2.75, 3.05) is 6.54 Å². The standard InChI is InChI=1S/C16H13F2NO4S2/c17-12-3-1-4-13(18)15(12)25(21,22)19-10-16(20,11-6-8-24-9-11)14-5-2-7-23-14/h1-9,19-20H,10H2. The molecule has 0 amide bonds. The van der Waals surface area contributed by atoms with Gasteiger partial charge in [-0.15, -0.1) is 0 Å². The Balaban J connectivity index is 1.95. The SMILES string of the molecule is O=S(=O)(NCC(O)(c1ccsc1)c1ccco1)c1c(F)cccc1F. The molecule has 1 atom stereocenters. The molecular formula is C16H13F2NO4S2. The summed E-state index contributed by atoms with van der Waals surface area (Å²) in [5.41, 5.74) is -1.43. The Labute approximate surface area is 146 Å². The van der Waals surface area contributed by atoms with Gasteiger partial charge in [-0.25, -0.2) is 21.9 Å². The third-order valence-corrected chi connectivity index (χ3v) is 5.77. The van der Waals surface area contributed by atoms with Gasteiger partial charge < -0.3 is 9.52 Å². The molecule has 9 heteroatoms. The highest BCUT2D eigenvalue weighted by Gasteiger charge is 2.37. The van der Waals surface area contributed by atoms with Crippen molar-refractivity contribution in [2.24, 2.45) is 0 Å². The smallest absolute Gasteiger partial charge is 0.246 e. The van der Waals surface area contributed by atoms with E-state index in [4.69, 9.17) is 4.42 Å². The molecule has 3 aromatic rings. The normalized spacial score (nSPS) is 14.4. The van der Waals surface area contributed by atoms with Gasteiger partial charge >= 0.3 is 0 Å². The van der Waals surface area contributed by atoms with Gasteiger partial charge in [0.15, 0.2) is 10.5 Å². The van der Waals surface area contributed by atoms with Gasteiger partial charge in [0, 0.05) is 5.56 Å². The maximum atomic E-state index is 13.8. The van der Waals surface area contributed by atoms with Crippen LogP contribution < -0.4 is 4.72 Å². The molecule has 3 rings (SSSR count). The Hall–Kier alpha value is -2.07. The first-order valence-corrected chi connectivity index (χ1v) is 9.50. The van der Waals surface area contributed by atoms with Crippen molar-refractivity contribution in [1.82, 2.24) is 4.72 Å². The molecule has 0 spiro atoms. The zero-order valence-electron chi connectivity index (χ0n) is 12.6. The van der Waals surface area contributed by atoms with E-state index in [0.717, 1.165) is 18.2 Å². The molecule has 0 bridgehead atoms. The number of benzene rings is 1. The van der Waals surface area contributed by atoms with E-state index >= 15 is 0 Å². The molecule has 1 aromatic carbocycles. The van der Waals surface area contributed by atoms with Gasteiger partial charge in [0.2, 0.25) is 10.0 Å². The molecule has 132 valence electrons. The minimum Gasteiger partial charge on any atom is -0.466 e. The summed E-state index contributed by atoms with van der Waals surface area (Å²) in [4.78, 5) is -1.10. The predicted molar refractivity (Wildman–Crippen MR) is 87.6 cm³/mol. The van der Waals surface area contributed by atoms with Gasteiger partial charge in [-0.1, -0.05) is 6.07 Å².